The van der Waals surface area contributed by atoms with Crippen LogP contribution >= 0.6 is 0 Å². The molecule has 2 aliphatic heterocycles. The Bertz CT molecular complexity index is 794. The number of nitrogens with one attached hydrogen (secondary N) is 1. The summed E-state index contributed by atoms with van der Waals surface area (Å²) in [5, 5.41) is 3.13. The number of piperidine rings is 2. The highest BCUT2D eigenvalue weighted by Gasteiger charge is 2.24. The summed E-state index contributed by atoms with van der Waals surface area (Å²) < 4.78 is 0. The molecule has 0 atom stereocenters. The summed E-state index contributed by atoms with van der Waals surface area (Å²) in [5.74, 6) is 3.25. The van der Waals surface area contributed by atoms with Crippen LogP contribution < -0.4 is 20.0 Å². The van der Waals surface area contributed by atoms with Gasteiger partial charge >= 0.3 is 0 Å². The minimum absolute atomic E-state index is 0.641. The third-order valence-corrected chi connectivity index (χ3v) is 5.43. The van der Waals surface area contributed by atoms with Crippen LogP contribution in [0.25, 0.3) is 11.0 Å². The third-order valence-electron chi connectivity index (χ3n) is 5.43. The van der Waals surface area contributed by atoms with E-state index in [4.69, 9.17) is 19.9 Å². The molecule has 2 fully saturated rings. The third kappa shape index (κ3) is 3.57. The standard InChI is InChI=1S/C19H30N8/c1-20-18-21-14-15(16(23-18)26-10-6-4-7-11-26)22-19(25(2)3)24-17(14)27-12-8-5-9-13-27/h4-13H2,1-3H3,(H,20,21,23). The lowest BCUT2D eigenvalue weighted by Gasteiger charge is -2.31. The van der Waals surface area contributed by atoms with Gasteiger partial charge in [-0.15, -0.1) is 0 Å². The average molecular weight is 371 g/mol. The molecule has 2 saturated heterocycles. The highest BCUT2D eigenvalue weighted by molar-refractivity contribution is 5.95. The van der Waals surface area contributed by atoms with E-state index in [1.54, 1.807) is 0 Å². The summed E-state index contributed by atoms with van der Waals surface area (Å²) in [5.41, 5.74) is 1.73. The van der Waals surface area contributed by atoms with Crippen molar-refractivity contribution in [2.24, 2.45) is 0 Å². The molecule has 0 bridgehead atoms. The van der Waals surface area contributed by atoms with Gasteiger partial charge in [0.1, 0.15) is 11.0 Å². The minimum atomic E-state index is 0.641. The first kappa shape index (κ1) is 18.0. The second kappa shape index (κ2) is 7.70. The second-order valence-corrected chi connectivity index (χ2v) is 7.66. The molecular formula is C19H30N8. The zero-order chi connectivity index (χ0) is 18.8. The maximum atomic E-state index is 4.89. The lowest BCUT2D eigenvalue weighted by molar-refractivity contribution is 0.572. The minimum Gasteiger partial charge on any atom is -0.357 e. The van der Waals surface area contributed by atoms with Crippen LogP contribution in [0.15, 0.2) is 0 Å². The van der Waals surface area contributed by atoms with E-state index in [0.717, 1.165) is 54.8 Å². The first-order valence-electron chi connectivity index (χ1n) is 10.1. The first-order chi connectivity index (χ1) is 13.2. The predicted octanol–water partition coefficient (Wildman–Crippen LogP) is 2.51. The fraction of sp³-hybridized carbons (Fsp3) is 0.684. The van der Waals surface area contributed by atoms with Gasteiger partial charge in [-0.3, -0.25) is 0 Å². The predicted molar refractivity (Wildman–Crippen MR) is 111 cm³/mol. The van der Waals surface area contributed by atoms with Crippen molar-refractivity contribution in [3.05, 3.63) is 0 Å². The van der Waals surface area contributed by atoms with Crippen molar-refractivity contribution in [2.75, 3.05) is 67.3 Å². The van der Waals surface area contributed by atoms with E-state index in [0.29, 0.717) is 5.95 Å². The Morgan fingerprint density at radius 3 is 1.74 bits per heavy atom. The Kier molecular flexibility index (Phi) is 5.13. The summed E-state index contributed by atoms with van der Waals surface area (Å²) in [7, 11) is 5.85. The van der Waals surface area contributed by atoms with Gasteiger partial charge in [-0.2, -0.15) is 9.97 Å². The lowest BCUT2D eigenvalue weighted by Crippen LogP contribution is -2.33. The van der Waals surface area contributed by atoms with Crippen LogP contribution in [0.3, 0.4) is 0 Å². The number of rotatable bonds is 4. The van der Waals surface area contributed by atoms with Gasteiger partial charge in [-0.05, 0) is 38.5 Å². The zero-order valence-electron chi connectivity index (χ0n) is 16.7. The highest BCUT2D eigenvalue weighted by Crippen LogP contribution is 2.33. The quantitative estimate of drug-likeness (QED) is 0.880. The van der Waals surface area contributed by atoms with Crippen molar-refractivity contribution in [1.29, 1.82) is 0 Å². The molecule has 0 amide bonds. The molecule has 27 heavy (non-hydrogen) atoms. The van der Waals surface area contributed by atoms with Gasteiger partial charge in [0.05, 0.1) is 0 Å². The first-order valence-corrected chi connectivity index (χ1v) is 10.1. The Hall–Kier alpha value is -2.38. The van der Waals surface area contributed by atoms with E-state index in [9.17, 15) is 0 Å². The fourth-order valence-corrected chi connectivity index (χ4v) is 3.94. The zero-order valence-corrected chi connectivity index (χ0v) is 16.7. The van der Waals surface area contributed by atoms with Crippen LogP contribution in [0.2, 0.25) is 0 Å². The summed E-state index contributed by atoms with van der Waals surface area (Å²) in [4.78, 5) is 26.1. The van der Waals surface area contributed by atoms with E-state index in [-0.39, 0.29) is 0 Å². The maximum absolute atomic E-state index is 4.89. The molecule has 0 saturated carbocycles. The molecular weight excluding hydrogens is 340 g/mol. The Morgan fingerprint density at radius 1 is 0.704 bits per heavy atom. The fourth-order valence-electron chi connectivity index (χ4n) is 3.94. The van der Waals surface area contributed by atoms with Crippen LogP contribution in [0.1, 0.15) is 38.5 Å². The molecule has 2 aromatic heterocycles. The van der Waals surface area contributed by atoms with Gasteiger partial charge in [0.15, 0.2) is 11.6 Å². The summed E-state index contributed by atoms with van der Waals surface area (Å²) >= 11 is 0. The number of hydrogen-bond acceptors (Lipinski definition) is 8. The van der Waals surface area contributed by atoms with Crippen molar-refractivity contribution >= 4 is 34.6 Å². The molecule has 4 heterocycles. The van der Waals surface area contributed by atoms with Gasteiger partial charge in [0.25, 0.3) is 0 Å². The number of nitrogens with zero attached hydrogens (tertiary/aromatic N) is 7. The van der Waals surface area contributed by atoms with E-state index in [1.807, 2.05) is 26.0 Å². The number of anilines is 4. The Labute approximate surface area is 161 Å². The lowest BCUT2D eigenvalue weighted by atomic mass is 10.1. The van der Waals surface area contributed by atoms with Crippen LogP contribution in [0, 0.1) is 0 Å². The van der Waals surface area contributed by atoms with Gasteiger partial charge in [-0.1, -0.05) is 0 Å². The number of hydrogen-bond donors (Lipinski definition) is 1. The van der Waals surface area contributed by atoms with E-state index in [1.165, 1.54) is 38.5 Å². The highest BCUT2D eigenvalue weighted by atomic mass is 15.3. The molecule has 0 spiro atoms. The van der Waals surface area contributed by atoms with Crippen molar-refractivity contribution < 1.29 is 0 Å². The summed E-state index contributed by atoms with van der Waals surface area (Å²) in [6.45, 7) is 4.10. The molecule has 146 valence electrons. The van der Waals surface area contributed by atoms with E-state index in [2.05, 4.69) is 15.1 Å². The normalized spacial score (nSPS) is 18.0. The monoisotopic (exact) mass is 370 g/mol. The van der Waals surface area contributed by atoms with Crippen molar-refractivity contribution in [3.63, 3.8) is 0 Å². The van der Waals surface area contributed by atoms with Crippen molar-refractivity contribution in [1.82, 2.24) is 19.9 Å². The van der Waals surface area contributed by atoms with Crippen LogP contribution in [0.4, 0.5) is 23.5 Å². The molecule has 0 aromatic carbocycles. The van der Waals surface area contributed by atoms with Gasteiger partial charge in [0.2, 0.25) is 11.9 Å². The smallest absolute Gasteiger partial charge is 0.227 e. The van der Waals surface area contributed by atoms with Crippen LogP contribution in [-0.2, 0) is 0 Å². The molecule has 1 N–H and O–H groups in total. The average Bonchev–Trinajstić information content (AvgIpc) is 2.73. The Balaban J connectivity index is 1.92. The van der Waals surface area contributed by atoms with Crippen LogP contribution in [0.5, 0.6) is 0 Å². The molecule has 8 nitrogen and oxygen atoms in total. The molecule has 0 aliphatic carbocycles. The van der Waals surface area contributed by atoms with Gasteiger partial charge in [0, 0.05) is 47.3 Å². The van der Waals surface area contributed by atoms with E-state index < -0.39 is 0 Å². The number of aromatic nitrogens is 4. The Morgan fingerprint density at radius 2 is 1.22 bits per heavy atom. The summed E-state index contributed by atoms with van der Waals surface area (Å²) in [6, 6.07) is 0. The summed E-state index contributed by atoms with van der Waals surface area (Å²) in [6.07, 6.45) is 7.37. The van der Waals surface area contributed by atoms with Crippen molar-refractivity contribution in [3.8, 4) is 0 Å². The molecule has 0 unspecified atom stereocenters. The van der Waals surface area contributed by atoms with Gasteiger partial charge in [-0.25, -0.2) is 9.97 Å². The molecule has 4 rings (SSSR count). The van der Waals surface area contributed by atoms with Crippen LogP contribution in [-0.4, -0.2) is 67.3 Å². The van der Waals surface area contributed by atoms with Gasteiger partial charge < -0.3 is 20.0 Å². The molecule has 2 aliphatic rings. The second-order valence-electron chi connectivity index (χ2n) is 7.66. The largest absolute Gasteiger partial charge is 0.357 e. The maximum Gasteiger partial charge on any atom is 0.227 e. The molecule has 8 heteroatoms. The molecule has 2 aromatic rings. The molecule has 0 radical (unpaired) electrons. The number of fused-ring (bicyclic) bond motifs is 1. The van der Waals surface area contributed by atoms with Crippen molar-refractivity contribution in [2.45, 2.75) is 38.5 Å². The topological polar surface area (TPSA) is 73.3 Å². The SMILES string of the molecule is CNc1nc(N2CCCCC2)c2nc(N(C)C)nc(N3CCCCC3)c2n1. The van der Waals surface area contributed by atoms with E-state index >= 15 is 0 Å².